The number of hydrogen-bond donors (Lipinski definition) is 1. The van der Waals surface area contributed by atoms with E-state index >= 15 is 0 Å². The van der Waals surface area contributed by atoms with Crippen molar-refractivity contribution in [1.82, 2.24) is 9.88 Å². The Kier molecular flexibility index (Phi) is 7.25. The number of aromatic nitrogens is 1. The van der Waals surface area contributed by atoms with Crippen LogP contribution in [0.3, 0.4) is 0 Å². The number of amides is 1. The molecule has 0 radical (unpaired) electrons. The van der Waals surface area contributed by atoms with E-state index in [1.165, 1.54) is 0 Å². The highest BCUT2D eigenvalue weighted by molar-refractivity contribution is 5.81. The van der Waals surface area contributed by atoms with Crippen LogP contribution in [0, 0.1) is 11.3 Å². The molecule has 1 atom stereocenters. The molecule has 0 aromatic carbocycles. The van der Waals surface area contributed by atoms with Gasteiger partial charge >= 0.3 is 0 Å². The molecule has 6 heteroatoms. The lowest BCUT2D eigenvalue weighted by atomic mass is 10.1. The Morgan fingerprint density at radius 2 is 2.45 bits per heavy atom. The third-order valence-corrected chi connectivity index (χ3v) is 2.85. The number of carbonyl (C=O) groups is 1. The first-order valence-electron chi connectivity index (χ1n) is 6.48. The minimum absolute atomic E-state index is 0.166. The quantitative estimate of drug-likeness (QED) is 0.754. The maximum Gasteiger partial charge on any atom is 0.239 e. The van der Waals surface area contributed by atoms with Gasteiger partial charge < -0.3 is 15.4 Å². The van der Waals surface area contributed by atoms with Crippen molar-refractivity contribution in [2.24, 2.45) is 5.73 Å². The van der Waals surface area contributed by atoms with E-state index in [0.717, 1.165) is 5.56 Å². The van der Waals surface area contributed by atoms with E-state index in [-0.39, 0.29) is 12.3 Å². The molecule has 0 fully saturated rings. The van der Waals surface area contributed by atoms with E-state index in [1.807, 2.05) is 18.2 Å². The molecule has 0 aliphatic carbocycles. The van der Waals surface area contributed by atoms with Gasteiger partial charge in [-0.05, 0) is 18.1 Å². The fraction of sp³-hybridized carbons (Fsp3) is 0.500. The average Bonchev–Trinajstić information content (AvgIpc) is 2.49. The van der Waals surface area contributed by atoms with Crippen molar-refractivity contribution in [1.29, 1.82) is 5.26 Å². The summed E-state index contributed by atoms with van der Waals surface area (Å²) in [5.74, 6) is -0.166. The molecule has 1 aromatic heterocycles. The lowest BCUT2D eigenvalue weighted by molar-refractivity contribution is -0.133. The lowest BCUT2D eigenvalue weighted by Gasteiger charge is -2.24. The lowest BCUT2D eigenvalue weighted by Crippen LogP contribution is -2.44. The van der Waals surface area contributed by atoms with Crippen molar-refractivity contribution in [2.75, 3.05) is 20.3 Å². The van der Waals surface area contributed by atoms with Gasteiger partial charge in [0.05, 0.1) is 18.5 Å². The van der Waals surface area contributed by atoms with Gasteiger partial charge in [0.25, 0.3) is 0 Å². The van der Waals surface area contributed by atoms with E-state index in [0.29, 0.717) is 26.1 Å². The summed E-state index contributed by atoms with van der Waals surface area (Å²) in [4.78, 5) is 17.9. The van der Waals surface area contributed by atoms with Gasteiger partial charge in [-0.2, -0.15) is 5.26 Å². The van der Waals surface area contributed by atoms with Crippen molar-refractivity contribution in [3.05, 3.63) is 30.1 Å². The molecule has 0 aliphatic heterocycles. The van der Waals surface area contributed by atoms with Gasteiger partial charge in [0, 0.05) is 39.2 Å². The van der Waals surface area contributed by atoms with Crippen LogP contribution in [0.15, 0.2) is 24.5 Å². The standard InChI is InChI=1S/C14H20N4O2/c1-20-9-5-13(16)14(19)18(8-3-6-15)11-12-4-2-7-17-10-12/h2,4,7,10,13H,3,5,8-9,11,16H2,1H3. The molecule has 1 aromatic rings. The SMILES string of the molecule is COCCC(N)C(=O)N(CCC#N)Cc1cccnc1. The average molecular weight is 276 g/mol. The summed E-state index contributed by atoms with van der Waals surface area (Å²) in [6.07, 6.45) is 4.12. The molecule has 20 heavy (non-hydrogen) atoms. The summed E-state index contributed by atoms with van der Waals surface area (Å²) in [5, 5.41) is 8.69. The highest BCUT2D eigenvalue weighted by Crippen LogP contribution is 2.07. The molecular weight excluding hydrogens is 256 g/mol. The summed E-state index contributed by atoms with van der Waals surface area (Å²) in [7, 11) is 1.57. The van der Waals surface area contributed by atoms with Crippen LogP contribution < -0.4 is 5.73 Å². The maximum absolute atomic E-state index is 12.3. The zero-order valence-electron chi connectivity index (χ0n) is 11.7. The number of nitrogens with two attached hydrogens (primary N) is 1. The molecule has 0 spiro atoms. The molecule has 1 unspecified atom stereocenters. The minimum Gasteiger partial charge on any atom is -0.385 e. The predicted octanol–water partition coefficient (Wildman–Crippen LogP) is 0.688. The van der Waals surface area contributed by atoms with E-state index in [4.69, 9.17) is 15.7 Å². The van der Waals surface area contributed by atoms with Crippen LogP contribution in [0.5, 0.6) is 0 Å². The molecule has 6 nitrogen and oxygen atoms in total. The molecule has 0 saturated heterocycles. The Balaban J connectivity index is 2.68. The fourth-order valence-corrected chi connectivity index (χ4v) is 1.77. The maximum atomic E-state index is 12.3. The molecule has 1 rings (SSSR count). The van der Waals surface area contributed by atoms with Gasteiger partial charge in [0.15, 0.2) is 0 Å². The number of nitriles is 1. The van der Waals surface area contributed by atoms with E-state index in [1.54, 1.807) is 24.4 Å². The number of hydrogen-bond acceptors (Lipinski definition) is 5. The van der Waals surface area contributed by atoms with Gasteiger partial charge in [0.2, 0.25) is 5.91 Å². The van der Waals surface area contributed by atoms with Gasteiger partial charge in [0.1, 0.15) is 0 Å². The van der Waals surface area contributed by atoms with E-state index in [2.05, 4.69) is 4.98 Å². The normalized spacial score (nSPS) is 11.7. The zero-order valence-corrected chi connectivity index (χ0v) is 11.7. The van der Waals surface area contributed by atoms with Crippen LogP contribution in [-0.2, 0) is 16.1 Å². The molecule has 0 saturated carbocycles. The number of pyridine rings is 1. The smallest absolute Gasteiger partial charge is 0.239 e. The molecule has 0 bridgehead atoms. The summed E-state index contributed by atoms with van der Waals surface area (Å²) < 4.78 is 4.93. The topological polar surface area (TPSA) is 92.2 Å². The van der Waals surface area contributed by atoms with Gasteiger partial charge in [-0.15, -0.1) is 0 Å². The molecular formula is C14H20N4O2. The van der Waals surface area contributed by atoms with Crippen molar-refractivity contribution in [3.8, 4) is 6.07 Å². The highest BCUT2D eigenvalue weighted by atomic mass is 16.5. The largest absolute Gasteiger partial charge is 0.385 e. The summed E-state index contributed by atoms with van der Waals surface area (Å²) >= 11 is 0. The molecule has 0 aliphatic rings. The first-order chi connectivity index (χ1) is 9.69. The second-order valence-electron chi connectivity index (χ2n) is 4.42. The van der Waals surface area contributed by atoms with Crippen LogP contribution in [0.4, 0.5) is 0 Å². The van der Waals surface area contributed by atoms with Crippen LogP contribution >= 0.6 is 0 Å². The third-order valence-electron chi connectivity index (χ3n) is 2.85. The number of nitrogens with zero attached hydrogens (tertiary/aromatic N) is 3. The third kappa shape index (κ3) is 5.34. The van der Waals surface area contributed by atoms with Gasteiger partial charge in [-0.25, -0.2) is 0 Å². The van der Waals surface area contributed by atoms with Crippen LogP contribution in [0.2, 0.25) is 0 Å². The first kappa shape index (κ1) is 16.1. The van der Waals surface area contributed by atoms with Crippen LogP contribution in [0.25, 0.3) is 0 Å². The Hall–Kier alpha value is -1.97. The van der Waals surface area contributed by atoms with Gasteiger partial charge in [-0.3, -0.25) is 9.78 Å². The number of ether oxygens (including phenoxy) is 1. The second kappa shape index (κ2) is 9.02. The molecule has 108 valence electrons. The molecule has 2 N–H and O–H groups in total. The molecule has 1 heterocycles. The first-order valence-corrected chi connectivity index (χ1v) is 6.48. The second-order valence-corrected chi connectivity index (χ2v) is 4.42. The number of methoxy groups -OCH3 is 1. The summed E-state index contributed by atoms with van der Waals surface area (Å²) in [6.45, 7) is 1.21. The Morgan fingerprint density at radius 3 is 3.05 bits per heavy atom. The van der Waals surface area contributed by atoms with E-state index < -0.39 is 6.04 Å². The van der Waals surface area contributed by atoms with Crippen molar-refractivity contribution in [3.63, 3.8) is 0 Å². The molecule has 1 amide bonds. The Bertz CT molecular complexity index is 444. The van der Waals surface area contributed by atoms with Crippen molar-refractivity contribution < 1.29 is 9.53 Å². The zero-order chi connectivity index (χ0) is 14.8. The van der Waals surface area contributed by atoms with Gasteiger partial charge in [-0.1, -0.05) is 6.07 Å². The highest BCUT2D eigenvalue weighted by Gasteiger charge is 2.20. The monoisotopic (exact) mass is 276 g/mol. The van der Waals surface area contributed by atoms with Crippen LogP contribution in [-0.4, -0.2) is 42.1 Å². The fourth-order valence-electron chi connectivity index (χ4n) is 1.77. The number of rotatable bonds is 8. The van der Waals surface area contributed by atoms with Crippen LogP contribution in [0.1, 0.15) is 18.4 Å². The number of carbonyl (C=O) groups excluding carboxylic acids is 1. The summed E-state index contributed by atoms with van der Waals surface area (Å²) in [6, 6.07) is 5.14. The Labute approximate surface area is 119 Å². The predicted molar refractivity (Wildman–Crippen MR) is 74.4 cm³/mol. The van der Waals surface area contributed by atoms with Crippen molar-refractivity contribution in [2.45, 2.75) is 25.4 Å². The van der Waals surface area contributed by atoms with E-state index in [9.17, 15) is 4.79 Å². The van der Waals surface area contributed by atoms with Crippen molar-refractivity contribution >= 4 is 5.91 Å². The Morgan fingerprint density at radius 1 is 1.65 bits per heavy atom. The summed E-state index contributed by atoms with van der Waals surface area (Å²) in [5.41, 5.74) is 6.77. The minimum atomic E-state index is -0.606.